The van der Waals surface area contributed by atoms with Gasteiger partial charge in [-0.3, -0.25) is 4.90 Å². The molecule has 0 aromatic heterocycles. The summed E-state index contributed by atoms with van der Waals surface area (Å²) in [6, 6.07) is 11.0. The summed E-state index contributed by atoms with van der Waals surface area (Å²) in [5, 5.41) is 0. The molecule has 2 aliphatic heterocycles. The zero-order chi connectivity index (χ0) is 10.3. The number of benzene rings is 1. The first kappa shape index (κ1) is 9.13. The van der Waals surface area contributed by atoms with E-state index in [1.54, 1.807) is 0 Å². The summed E-state index contributed by atoms with van der Waals surface area (Å²) >= 11 is 0. The van der Waals surface area contributed by atoms with Crippen molar-refractivity contribution in [3.05, 3.63) is 48.6 Å². The van der Waals surface area contributed by atoms with Crippen LogP contribution >= 0.6 is 0 Å². The van der Waals surface area contributed by atoms with Crippen molar-refractivity contribution in [1.29, 1.82) is 0 Å². The Kier molecular flexibility index (Phi) is 2.11. The molecular formula is C13H15NO. The van der Waals surface area contributed by atoms with E-state index in [4.69, 9.17) is 4.74 Å². The number of ether oxygens (including phenoxy) is 1. The lowest BCUT2D eigenvalue weighted by Crippen LogP contribution is -2.32. The van der Waals surface area contributed by atoms with Crippen LogP contribution in [-0.2, 0) is 11.3 Å². The van der Waals surface area contributed by atoms with Gasteiger partial charge in [-0.05, 0) is 5.56 Å². The molecule has 3 atom stereocenters. The molecule has 15 heavy (non-hydrogen) atoms. The Bertz CT molecular complexity index is 362. The molecule has 2 heterocycles. The van der Waals surface area contributed by atoms with E-state index in [0.717, 1.165) is 13.1 Å². The quantitative estimate of drug-likeness (QED) is 0.547. The van der Waals surface area contributed by atoms with Gasteiger partial charge in [0.1, 0.15) is 6.10 Å². The molecule has 2 fully saturated rings. The molecule has 0 N–H and O–H groups in total. The van der Waals surface area contributed by atoms with E-state index in [1.165, 1.54) is 5.56 Å². The van der Waals surface area contributed by atoms with Crippen molar-refractivity contribution in [1.82, 2.24) is 4.90 Å². The summed E-state index contributed by atoms with van der Waals surface area (Å²) in [4.78, 5) is 2.45. The molecule has 0 saturated carbocycles. The first-order valence-electron chi connectivity index (χ1n) is 5.44. The minimum absolute atomic E-state index is 0.412. The topological polar surface area (TPSA) is 15.8 Å². The summed E-state index contributed by atoms with van der Waals surface area (Å²) in [5.41, 5.74) is 1.37. The van der Waals surface area contributed by atoms with E-state index in [2.05, 4.69) is 41.8 Å². The van der Waals surface area contributed by atoms with E-state index in [0.29, 0.717) is 18.2 Å². The smallest absolute Gasteiger partial charge is 0.104 e. The van der Waals surface area contributed by atoms with Gasteiger partial charge >= 0.3 is 0 Å². The van der Waals surface area contributed by atoms with Crippen molar-refractivity contribution in [2.45, 2.75) is 24.8 Å². The molecular weight excluding hydrogens is 186 g/mol. The van der Waals surface area contributed by atoms with Gasteiger partial charge in [0, 0.05) is 13.1 Å². The van der Waals surface area contributed by atoms with Crippen molar-refractivity contribution in [2.75, 3.05) is 6.54 Å². The number of rotatable bonds is 3. The third-order valence-electron chi connectivity index (χ3n) is 3.26. The molecule has 0 unspecified atom stereocenters. The molecule has 2 aliphatic rings. The Morgan fingerprint density at radius 3 is 2.93 bits per heavy atom. The molecule has 1 aromatic rings. The lowest BCUT2D eigenvalue weighted by molar-refractivity contribution is 0.161. The van der Waals surface area contributed by atoms with Gasteiger partial charge in [0.05, 0.1) is 12.1 Å². The maximum atomic E-state index is 5.51. The molecule has 0 amide bonds. The SMILES string of the molecule is C=C[C@H]1[C@@H]2O[C@@H]2CN1Cc1ccccc1. The van der Waals surface area contributed by atoms with E-state index >= 15 is 0 Å². The minimum atomic E-state index is 0.412. The summed E-state index contributed by atoms with van der Waals surface area (Å²) in [7, 11) is 0. The van der Waals surface area contributed by atoms with Crippen molar-refractivity contribution in [2.24, 2.45) is 0 Å². The number of epoxide rings is 1. The lowest BCUT2D eigenvalue weighted by atomic mass is 10.2. The molecule has 2 saturated heterocycles. The molecule has 0 spiro atoms. The normalized spacial score (nSPS) is 33.7. The first-order valence-corrected chi connectivity index (χ1v) is 5.44. The van der Waals surface area contributed by atoms with Crippen LogP contribution in [0.1, 0.15) is 5.56 Å². The molecule has 78 valence electrons. The lowest BCUT2D eigenvalue weighted by Gasteiger charge is -2.23. The maximum absolute atomic E-state index is 5.51. The number of likely N-dealkylation sites (tertiary alicyclic amines) is 1. The Balaban J connectivity index is 1.71. The highest BCUT2D eigenvalue weighted by Crippen LogP contribution is 2.37. The van der Waals surface area contributed by atoms with Gasteiger partial charge in [0.2, 0.25) is 0 Å². The monoisotopic (exact) mass is 201 g/mol. The van der Waals surface area contributed by atoms with Crippen molar-refractivity contribution in [3.63, 3.8) is 0 Å². The predicted octanol–water partition coefficient (Wildman–Crippen LogP) is 1.82. The van der Waals surface area contributed by atoms with Gasteiger partial charge in [-0.25, -0.2) is 0 Å². The zero-order valence-electron chi connectivity index (χ0n) is 8.67. The van der Waals surface area contributed by atoms with Gasteiger partial charge in [-0.15, -0.1) is 6.58 Å². The van der Waals surface area contributed by atoms with Gasteiger partial charge < -0.3 is 4.74 Å². The maximum Gasteiger partial charge on any atom is 0.104 e. The third-order valence-corrected chi connectivity index (χ3v) is 3.26. The highest BCUT2D eigenvalue weighted by molar-refractivity contribution is 5.18. The zero-order valence-corrected chi connectivity index (χ0v) is 8.67. The summed E-state index contributed by atoms with van der Waals surface area (Å²) in [6.45, 7) is 5.95. The molecule has 3 rings (SSSR count). The number of nitrogens with zero attached hydrogens (tertiary/aromatic N) is 1. The second-order valence-electron chi connectivity index (χ2n) is 4.28. The van der Waals surface area contributed by atoms with Crippen molar-refractivity contribution >= 4 is 0 Å². The second kappa shape index (κ2) is 3.47. The van der Waals surface area contributed by atoms with Crippen LogP contribution in [0.3, 0.4) is 0 Å². The van der Waals surface area contributed by atoms with Gasteiger partial charge in [0.15, 0.2) is 0 Å². The largest absolute Gasteiger partial charge is 0.366 e. The van der Waals surface area contributed by atoms with Crippen LogP contribution < -0.4 is 0 Å². The van der Waals surface area contributed by atoms with E-state index in [-0.39, 0.29) is 0 Å². The van der Waals surface area contributed by atoms with Crippen LogP contribution in [0.5, 0.6) is 0 Å². The second-order valence-corrected chi connectivity index (χ2v) is 4.28. The van der Waals surface area contributed by atoms with Crippen LogP contribution in [0.15, 0.2) is 43.0 Å². The fourth-order valence-corrected chi connectivity index (χ4v) is 2.44. The number of morpholine rings is 1. The molecule has 2 heteroatoms. The highest BCUT2D eigenvalue weighted by atomic mass is 16.6. The van der Waals surface area contributed by atoms with E-state index in [9.17, 15) is 0 Å². The Morgan fingerprint density at radius 1 is 1.40 bits per heavy atom. The van der Waals surface area contributed by atoms with Crippen LogP contribution in [0.25, 0.3) is 0 Å². The van der Waals surface area contributed by atoms with E-state index < -0.39 is 0 Å². The van der Waals surface area contributed by atoms with E-state index in [1.807, 2.05) is 6.08 Å². The highest BCUT2D eigenvalue weighted by Gasteiger charge is 2.53. The third kappa shape index (κ3) is 1.60. The molecule has 0 aliphatic carbocycles. The Labute approximate surface area is 90.2 Å². The summed E-state index contributed by atoms with van der Waals surface area (Å²) < 4.78 is 5.51. The van der Waals surface area contributed by atoms with Crippen molar-refractivity contribution in [3.8, 4) is 0 Å². The summed E-state index contributed by atoms with van der Waals surface area (Å²) in [5.74, 6) is 0. The van der Waals surface area contributed by atoms with Gasteiger partial charge in [-0.2, -0.15) is 0 Å². The van der Waals surface area contributed by atoms with Crippen LogP contribution in [-0.4, -0.2) is 29.7 Å². The van der Waals surface area contributed by atoms with Crippen LogP contribution in [0.4, 0.5) is 0 Å². The Morgan fingerprint density at radius 2 is 2.20 bits per heavy atom. The predicted molar refractivity (Wildman–Crippen MR) is 59.5 cm³/mol. The molecule has 2 nitrogen and oxygen atoms in total. The fourth-order valence-electron chi connectivity index (χ4n) is 2.44. The van der Waals surface area contributed by atoms with Gasteiger partial charge in [-0.1, -0.05) is 36.4 Å². The average molecular weight is 201 g/mol. The molecule has 0 bridgehead atoms. The molecule has 0 radical (unpaired) electrons. The van der Waals surface area contributed by atoms with Gasteiger partial charge in [0.25, 0.3) is 0 Å². The standard InChI is InChI=1S/C13H15NO/c1-2-11-13-12(15-13)9-14(11)8-10-6-4-3-5-7-10/h2-7,11-13H,1,8-9H2/t11-,12+,13-/m0/s1. The van der Waals surface area contributed by atoms with Crippen LogP contribution in [0.2, 0.25) is 0 Å². The number of hydrogen-bond donors (Lipinski definition) is 0. The van der Waals surface area contributed by atoms with Crippen LogP contribution in [0, 0.1) is 0 Å². The minimum Gasteiger partial charge on any atom is -0.366 e. The number of hydrogen-bond acceptors (Lipinski definition) is 2. The summed E-state index contributed by atoms with van der Waals surface area (Å²) in [6.07, 6.45) is 2.91. The average Bonchev–Trinajstić information content (AvgIpc) is 2.93. The van der Waals surface area contributed by atoms with Crippen molar-refractivity contribution < 1.29 is 4.74 Å². The number of fused-ring (bicyclic) bond motifs is 1. The first-order chi connectivity index (χ1) is 7.38. The molecule has 1 aromatic carbocycles. The fraction of sp³-hybridized carbons (Fsp3) is 0.385. The Hall–Kier alpha value is -1.12.